The molecule has 1 aromatic carbocycles. The van der Waals surface area contributed by atoms with Crippen molar-refractivity contribution >= 4 is 17.5 Å². The van der Waals surface area contributed by atoms with Crippen LogP contribution in [0.2, 0.25) is 0 Å². The Morgan fingerprint density at radius 2 is 2.00 bits per heavy atom. The second kappa shape index (κ2) is 8.57. The molecule has 2 aromatic rings. The van der Waals surface area contributed by atoms with E-state index in [9.17, 15) is 14.7 Å². The van der Waals surface area contributed by atoms with E-state index in [1.807, 2.05) is 47.3 Å². The highest BCUT2D eigenvalue weighted by Gasteiger charge is 2.35. The molecule has 1 unspecified atom stereocenters. The summed E-state index contributed by atoms with van der Waals surface area (Å²) in [5.74, 6) is -0.149. The molecule has 8 heteroatoms. The number of amides is 2. The molecule has 152 valence electrons. The van der Waals surface area contributed by atoms with Crippen LogP contribution in [0.1, 0.15) is 31.2 Å². The Kier molecular flexibility index (Phi) is 5.71. The third-order valence-electron chi connectivity index (χ3n) is 5.49. The van der Waals surface area contributed by atoms with Crippen LogP contribution in [0.25, 0.3) is 0 Å². The van der Waals surface area contributed by atoms with Crippen LogP contribution in [0.4, 0.5) is 0 Å². The predicted octanol–water partition coefficient (Wildman–Crippen LogP) is 1.32. The van der Waals surface area contributed by atoms with E-state index in [2.05, 4.69) is 15.5 Å². The number of carbonyl (C=O) groups excluding carboxylic acids is 2. The molecule has 2 aliphatic rings. The molecule has 2 amide bonds. The zero-order chi connectivity index (χ0) is 20.2. The zero-order valence-corrected chi connectivity index (χ0v) is 16.1. The number of aromatic nitrogens is 2. The van der Waals surface area contributed by atoms with Crippen molar-refractivity contribution in [1.29, 1.82) is 0 Å². The Morgan fingerprint density at radius 3 is 2.76 bits per heavy atom. The summed E-state index contributed by atoms with van der Waals surface area (Å²) in [5, 5.41) is 23.2. The van der Waals surface area contributed by atoms with Crippen molar-refractivity contribution < 1.29 is 14.7 Å². The summed E-state index contributed by atoms with van der Waals surface area (Å²) in [5.41, 5.74) is 1.29. The number of nitrogens with one attached hydrogen (secondary N) is 1. The molecule has 0 saturated heterocycles. The number of hydrazone groups is 1. The average Bonchev–Trinajstić information content (AvgIpc) is 3.34. The lowest BCUT2D eigenvalue weighted by Gasteiger charge is -2.24. The van der Waals surface area contributed by atoms with Crippen molar-refractivity contribution in [2.75, 3.05) is 0 Å². The first-order chi connectivity index (χ1) is 14.1. The highest BCUT2D eigenvalue weighted by molar-refractivity contribution is 6.39. The normalized spacial score (nSPS) is 24.4. The molecule has 2 heterocycles. The van der Waals surface area contributed by atoms with Gasteiger partial charge in [0.05, 0.1) is 18.7 Å². The Hall–Kier alpha value is -3.00. The minimum atomic E-state index is -0.592. The molecule has 2 N–H and O–H groups in total. The molecule has 1 aromatic heterocycles. The fourth-order valence-corrected chi connectivity index (χ4v) is 3.99. The van der Waals surface area contributed by atoms with Crippen molar-refractivity contribution in [1.82, 2.24) is 20.1 Å². The highest BCUT2D eigenvalue weighted by atomic mass is 16.3. The lowest BCUT2D eigenvalue weighted by molar-refractivity contribution is -0.132. The van der Waals surface area contributed by atoms with E-state index < -0.39 is 6.10 Å². The lowest BCUT2D eigenvalue weighted by Crippen LogP contribution is -2.45. The molecule has 4 rings (SSSR count). The molecule has 1 fully saturated rings. The van der Waals surface area contributed by atoms with Gasteiger partial charge in [0.1, 0.15) is 5.71 Å². The summed E-state index contributed by atoms with van der Waals surface area (Å²) in [6.45, 7) is 1.06. The average molecular weight is 395 g/mol. The minimum Gasteiger partial charge on any atom is -0.391 e. The van der Waals surface area contributed by atoms with Gasteiger partial charge in [-0.05, 0) is 30.4 Å². The molecule has 1 saturated carbocycles. The number of carbonyl (C=O) groups is 2. The summed E-state index contributed by atoms with van der Waals surface area (Å²) < 4.78 is 1.85. The molecule has 0 spiro atoms. The molecule has 1 aliphatic carbocycles. The SMILES string of the molecule is O=C(N[C@@H]1CC(Cn2cccn2)C[C@H]1O)C1=NN(Cc2ccccc2)C(=O)CC1. The first kappa shape index (κ1) is 19.3. The van der Waals surface area contributed by atoms with Gasteiger partial charge >= 0.3 is 0 Å². The number of nitrogens with zero attached hydrogens (tertiary/aromatic N) is 4. The first-order valence-electron chi connectivity index (χ1n) is 9.96. The lowest BCUT2D eigenvalue weighted by atomic mass is 10.1. The van der Waals surface area contributed by atoms with Gasteiger partial charge in [-0.1, -0.05) is 30.3 Å². The summed E-state index contributed by atoms with van der Waals surface area (Å²) in [6.07, 6.45) is 4.92. The van der Waals surface area contributed by atoms with Crippen LogP contribution in [-0.4, -0.2) is 49.6 Å². The van der Waals surface area contributed by atoms with Crippen molar-refractivity contribution in [3.8, 4) is 0 Å². The number of hydrogen-bond donors (Lipinski definition) is 2. The number of aliphatic hydroxyl groups excluding tert-OH is 1. The quantitative estimate of drug-likeness (QED) is 0.770. The third-order valence-corrected chi connectivity index (χ3v) is 5.49. The van der Waals surface area contributed by atoms with Crippen LogP contribution in [0.5, 0.6) is 0 Å². The maximum absolute atomic E-state index is 12.7. The number of hydrogen-bond acceptors (Lipinski definition) is 5. The van der Waals surface area contributed by atoms with Crippen LogP contribution in [-0.2, 0) is 22.7 Å². The smallest absolute Gasteiger partial charge is 0.267 e. The molecule has 1 aliphatic heterocycles. The fourth-order valence-electron chi connectivity index (χ4n) is 3.99. The van der Waals surface area contributed by atoms with E-state index in [0.717, 1.165) is 12.1 Å². The largest absolute Gasteiger partial charge is 0.391 e. The zero-order valence-electron chi connectivity index (χ0n) is 16.1. The number of benzene rings is 1. The minimum absolute atomic E-state index is 0.0920. The van der Waals surface area contributed by atoms with Crippen LogP contribution in [0, 0.1) is 5.92 Å². The van der Waals surface area contributed by atoms with E-state index in [1.165, 1.54) is 5.01 Å². The van der Waals surface area contributed by atoms with Gasteiger partial charge < -0.3 is 10.4 Å². The van der Waals surface area contributed by atoms with E-state index in [1.54, 1.807) is 6.20 Å². The second-order valence-corrected chi connectivity index (χ2v) is 7.70. The summed E-state index contributed by atoms with van der Waals surface area (Å²) >= 11 is 0. The van der Waals surface area contributed by atoms with Crippen molar-refractivity contribution in [2.24, 2.45) is 11.0 Å². The second-order valence-electron chi connectivity index (χ2n) is 7.70. The van der Waals surface area contributed by atoms with Gasteiger partial charge in [0.15, 0.2) is 0 Å². The molecule has 0 radical (unpaired) electrons. The van der Waals surface area contributed by atoms with Crippen molar-refractivity contribution in [2.45, 2.75) is 50.9 Å². The summed E-state index contributed by atoms with van der Waals surface area (Å²) in [6, 6.07) is 11.1. The highest BCUT2D eigenvalue weighted by Crippen LogP contribution is 2.27. The van der Waals surface area contributed by atoms with Crippen molar-refractivity contribution in [3.63, 3.8) is 0 Å². The van der Waals surface area contributed by atoms with Gasteiger partial charge in [-0.3, -0.25) is 14.3 Å². The topological polar surface area (TPSA) is 99.8 Å². The Labute approximate surface area is 169 Å². The molecule has 0 bridgehead atoms. The molecule has 3 atom stereocenters. The molecule has 8 nitrogen and oxygen atoms in total. The monoisotopic (exact) mass is 395 g/mol. The summed E-state index contributed by atoms with van der Waals surface area (Å²) in [4.78, 5) is 24.9. The Balaban J connectivity index is 1.37. The third kappa shape index (κ3) is 4.71. The van der Waals surface area contributed by atoms with E-state index in [0.29, 0.717) is 31.5 Å². The Bertz CT molecular complexity index is 881. The van der Waals surface area contributed by atoms with Crippen LogP contribution in [0.15, 0.2) is 53.9 Å². The van der Waals surface area contributed by atoms with E-state index in [4.69, 9.17) is 0 Å². The van der Waals surface area contributed by atoms with Gasteiger partial charge in [-0.2, -0.15) is 10.2 Å². The van der Waals surface area contributed by atoms with Gasteiger partial charge in [0.25, 0.3) is 5.91 Å². The van der Waals surface area contributed by atoms with Crippen LogP contribution in [0.3, 0.4) is 0 Å². The van der Waals surface area contributed by atoms with Gasteiger partial charge in [-0.15, -0.1) is 0 Å². The van der Waals surface area contributed by atoms with E-state index in [-0.39, 0.29) is 30.2 Å². The molecular formula is C21H25N5O3. The van der Waals surface area contributed by atoms with Gasteiger partial charge in [-0.25, -0.2) is 5.01 Å². The van der Waals surface area contributed by atoms with E-state index >= 15 is 0 Å². The maximum atomic E-state index is 12.7. The first-order valence-corrected chi connectivity index (χ1v) is 9.96. The fraction of sp³-hybridized carbons (Fsp3) is 0.429. The Morgan fingerprint density at radius 1 is 1.17 bits per heavy atom. The number of aliphatic hydroxyl groups is 1. The number of rotatable bonds is 6. The molecule has 29 heavy (non-hydrogen) atoms. The van der Waals surface area contributed by atoms with Gasteiger partial charge in [0.2, 0.25) is 5.91 Å². The van der Waals surface area contributed by atoms with Crippen LogP contribution >= 0.6 is 0 Å². The standard InChI is InChI=1S/C21H25N5O3/c27-19-12-16(13-25-10-4-9-22-25)11-18(19)23-21(29)17-7-8-20(28)26(24-17)14-15-5-2-1-3-6-15/h1-6,9-10,16,18-19,27H,7-8,11-14H2,(H,23,29)/t16?,18-,19-/m1/s1. The van der Waals surface area contributed by atoms with Gasteiger partial charge in [0, 0.05) is 31.8 Å². The summed E-state index contributed by atoms with van der Waals surface area (Å²) in [7, 11) is 0. The van der Waals surface area contributed by atoms with Crippen molar-refractivity contribution in [3.05, 3.63) is 54.4 Å². The maximum Gasteiger partial charge on any atom is 0.267 e. The molecular weight excluding hydrogens is 370 g/mol. The predicted molar refractivity (Wildman–Crippen MR) is 107 cm³/mol. The van der Waals surface area contributed by atoms with Crippen LogP contribution < -0.4 is 5.32 Å².